The summed E-state index contributed by atoms with van der Waals surface area (Å²) in [5.41, 5.74) is 7.66. The Kier molecular flexibility index (Phi) is 4.65. The standard InChI is InChI=1S/C14H25N5O/c1-4-18-7-6-11(9-18)8-16-14(20)13-12(15)10(3)17-19(13)5-2/h11H,4-9,15H2,1-3H3,(H,16,20). The molecule has 1 atom stereocenters. The van der Waals surface area contributed by atoms with Crippen molar-refractivity contribution in [3.8, 4) is 0 Å². The van der Waals surface area contributed by atoms with Crippen LogP contribution in [0.15, 0.2) is 0 Å². The molecule has 1 aliphatic rings. The van der Waals surface area contributed by atoms with Crippen LogP contribution in [0, 0.1) is 12.8 Å². The summed E-state index contributed by atoms with van der Waals surface area (Å²) < 4.78 is 1.67. The third-order valence-electron chi connectivity index (χ3n) is 4.06. The van der Waals surface area contributed by atoms with E-state index in [1.165, 1.54) is 0 Å². The molecule has 0 aromatic carbocycles. The van der Waals surface area contributed by atoms with Crippen LogP contribution in [-0.2, 0) is 6.54 Å². The van der Waals surface area contributed by atoms with Gasteiger partial charge in [-0.15, -0.1) is 0 Å². The number of nitrogens with two attached hydrogens (primary N) is 1. The van der Waals surface area contributed by atoms with Crippen LogP contribution in [0.5, 0.6) is 0 Å². The molecule has 20 heavy (non-hydrogen) atoms. The molecule has 1 aromatic heterocycles. The number of aryl methyl sites for hydroxylation is 2. The first kappa shape index (κ1) is 14.8. The molecule has 112 valence electrons. The van der Waals surface area contributed by atoms with E-state index in [2.05, 4.69) is 22.2 Å². The third-order valence-corrected chi connectivity index (χ3v) is 4.06. The van der Waals surface area contributed by atoms with Crippen molar-refractivity contribution in [2.45, 2.75) is 33.7 Å². The van der Waals surface area contributed by atoms with E-state index in [0.717, 1.165) is 31.7 Å². The van der Waals surface area contributed by atoms with Crippen molar-refractivity contribution in [2.24, 2.45) is 5.92 Å². The Morgan fingerprint density at radius 3 is 2.80 bits per heavy atom. The van der Waals surface area contributed by atoms with E-state index in [4.69, 9.17) is 5.73 Å². The molecule has 3 N–H and O–H groups in total. The number of nitrogens with zero attached hydrogens (tertiary/aromatic N) is 3. The summed E-state index contributed by atoms with van der Waals surface area (Å²) in [6, 6.07) is 0. The van der Waals surface area contributed by atoms with E-state index in [1.54, 1.807) is 4.68 Å². The van der Waals surface area contributed by atoms with Gasteiger partial charge in [0.2, 0.25) is 0 Å². The van der Waals surface area contributed by atoms with E-state index >= 15 is 0 Å². The fraction of sp³-hybridized carbons (Fsp3) is 0.714. The van der Waals surface area contributed by atoms with Crippen molar-refractivity contribution in [2.75, 3.05) is 31.9 Å². The first-order valence-electron chi connectivity index (χ1n) is 7.40. The zero-order chi connectivity index (χ0) is 14.7. The van der Waals surface area contributed by atoms with Crippen LogP contribution in [0.3, 0.4) is 0 Å². The molecular weight excluding hydrogens is 254 g/mol. The lowest BCUT2D eigenvalue weighted by Gasteiger charge is -2.14. The Morgan fingerprint density at radius 1 is 1.45 bits per heavy atom. The summed E-state index contributed by atoms with van der Waals surface area (Å²) in [5.74, 6) is 0.430. The number of nitrogen functional groups attached to an aromatic ring is 1. The van der Waals surface area contributed by atoms with Gasteiger partial charge >= 0.3 is 0 Å². The first-order valence-corrected chi connectivity index (χ1v) is 7.40. The molecule has 0 spiro atoms. The highest BCUT2D eigenvalue weighted by molar-refractivity contribution is 5.97. The molecule has 6 heteroatoms. The van der Waals surface area contributed by atoms with Crippen LogP contribution in [0.25, 0.3) is 0 Å². The Bertz CT molecular complexity index is 482. The van der Waals surface area contributed by atoms with Crippen molar-refractivity contribution < 1.29 is 4.79 Å². The van der Waals surface area contributed by atoms with Crippen LogP contribution >= 0.6 is 0 Å². The van der Waals surface area contributed by atoms with E-state index in [0.29, 0.717) is 30.4 Å². The predicted octanol–water partition coefficient (Wildman–Crippen LogP) is 0.865. The number of carbonyl (C=O) groups is 1. The highest BCUT2D eigenvalue weighted by atomic mass is 16.2. The Morgan fingerprint density at radius 2 is 2.20 bits per heavy atom. The molecule has 2 heterocycles. The average Bonchev–Trinajstić information content (AvgIpc) is 3.01. The topological polar surface area (TPSA) is 76.2 Å². The van der Waals surface area contributed by atoms with Gasteiger partial charge in [0.25, 0.3) is 5.91 Å². The number of likely N-dealkylation sites (tertiary alicyclic amines) is 1. The van der Waals surface area contributed by atoms with Gasteiger partial charge < -0.3 is 16.0 Å². The lowest BCUT2D eigenvalue weighted by molar-refractivity contribution is 0.0937. The van der Waals surface area contributed by atoms with E-state index in [-0.39, 0.29) is 5.91 Å². The zero-order valence-corrected chi connectivity index (χ0v) is 12.6. The molecule has 1 unspecified atom stereocenters. The third kappa shape index (κ3) is 2.95. The maximum atomic E-state index is 12.3. The summed E-state index contributed by atoms with van der Waals surface area (Å²) in [4.78, 5) is 14.7. The Hall–Kier alpha value is -1.56. The fourth-order valence-electron chi connectivity index (χ4n) is 2.75. The van der Waals surface area contributed by atoms with Crippen molar-refractivity contribution in [1.82, 2.24) is 20.0 Å². The minimum Gasteiger partial charge on any atom is -0.395 e. The molecule has 0 bridgehead atoms. The molecule has 1 saturated heterocycles. The number of hydrogen-bond donors (Lipinski definition) is 2. The monoisotopic (exact) mass is 279 g/mol. The minimum absolute atomic E-state index is 0.111. The van der Waals surface area contributed by atoms with Gasteiger partial charge in [-0.1, -0.05) is 6.92 Å². The van der Waals surface area contributed by atoms with Crippen LogP contribution in [0.2, 0.25) is 0 Å². The van der Waals surface area contributed by atoms with Crippen LogP contribution in [0.1, 0.15) is 36.5 Å². The lowest BCUT2D eigenvalue weighted by Crippen LogP contribution is -2.32. The average molecular weight is 279 g/mol. The fourth-order valence-corrected chi connectivity index (χ4v) is 2.75. The van der Waals surface area contributed by atoms with Crippen LogP contribution < -0.4 is 11.1 Å². The van der Waals surface area contributed by atoms with Gasteiger partial charge in [0.05, 0.1) is 11.4 Å². The molecule has 6 nitrogen and oxygen atoms in total. The number of hydrogen-bond acceptors (Lipinski definition) is 4. The van der Waals surface area contributed by atoms with Gasteiger partial charge in [-0.05, 0) is 39.3 Å². The van der Waals surface area contributed by atoms with Crippen LogP contribution in [-0.4, -0.2) is 46.8 Å². The molecule has 0 aliphatic carbocycles. The van der Waals surface area contributed by atoms with E-state index in [9.17, 15) is 4.79 Å². The quantitative estimate of drug-likeness (QED) is 0.838. The number of rotatable bonds is 5. The second-order valence-corrected chi connectivity index (χ2v) is 5.42. The van der Waals surface area contributed by atoms with Crippen molar-refractivity contribution >= 4 is 11.6 Å². The van der Waals surface area contributed by atoms with Crippen molar-refractivity contribution in [1.29, 1.82) is 0 Å². The van der Waals surface area contributed by atoms with Crippen molar-refractivity contribution in [3.63, 3.8) is 0 Å². The van der Waals surface area contributed by atoms with Gasteiger partial charge in [0.15, 0.2) is 0 Å². The molecule has 0 saturated carbocycles. The highest BCUT2D eigenvalue weighted by Gasteiger charge is 2.23. The molecular formula is C14H25N5O. The maximum Gasteiger partial charge on any atom is 0.271 e. The van der Waals surface area contributed by atoms with Gasteiger partial charge in [-0.3, -0.25) is 9.48 Å². The lowest BCUT2D eigenvalue weighted by atomic mass is 10.1. The zero-order valence-electron chi connectivity index (χ0n) is 12.6. The van der Waals surface area contributed by atoms with E-state index in [1.807, 2.05) is 13.8 Å². The smallest absolute Gasteiger partial charge is 0.271 e. The molecule has 0 radical (unpaired) electrons. The second-order valence-electron chi connectivity index (χ2n) is 5.42. The van der Waals surface area contributed by atoms with Gasteiger partial charge in [0, 0.05) is 19.6 Å². The summed E-state index contributed by atoms with van der Waals surface area (Å²) >= 11 is 0. The summed E-state index contributed by atoms with van der Waals surface area (Å²) in [6.45, 7) is 10.6. The SMILES string of the molecule is CCN1CCC(CNC(=O)c2c(N)c(C)nn2CC)C1. The normalized spacial score (nSPS) is 19.4. The maximum absolute atomic E-state index is 12.3. The first-order chi connectivity index (χ1) is 9.56. The van der Waals surface area contributed by atoms with Crippen LogP contribution in [0.4, 0.5) is 5.69 Å². The number of carbonyl (C=O) groups excluding carboxylic acids is 1. The largest absolute Gasteiger partial charge is 0.395 e. The van der Waals surface area contributed by atoms with Gasteiger partial charge in [-0.2, -0.15) is 5.10 Å². The Balaban J connectivity index is 1.96. The van der Waals surface area contributed by atoms with Gasteiger partial charge in [-0.25, -0.2) is 0 Å². The van der Waals surface area contributed by atoms with Gasteiger partial charge in [0.1, 0.15) is 5.69 Å². The number of nitrogens with one attached hydrogen (secondary N) is 1. The molecule has 2 rings (SSSR count). The predicted molar refractivity (Wildman–Crippen MR) is 79.6 cm³/mol. The molecule has 1 amide bonds. The highest BCUT2D eigenvalue weighted by Crippen LogP contribution is 2.18. The second kappa shape index (κ2) is 6.26. The Labute approximate surface area is 120 Å². The summed E-state index contributed by atoms with van der Waals surface area (Å²) in [7, 11) is 0. The number of amides is 1. The number of anilines is 1. The molecule has 1 aromatic rings. The molecule has 1 fully saturated rings. The van der Waals surface area contributed by atoms with E-state index < -0.39 is 0 Å². The van der Waals surface area contributed by atoms with Crippen molar-refractivity contribution in [3.05, 3.63) is 11.4 Å². The molecule has 1 aliphatic heterocycles. The summed E-state index contributed by atoms with van der Waals surface area (Å²) in [6.07, 6.45) is 1.15. The minimum atomic E-state index is -0.111. The number of aromatic nitrogens is 2. The summed E-state index contributed by atoms with van der Waals surface area (Å²) in [5, 5.41) is 7.29.